The SMILES string of the molecule is O=S1(=O)[C@H](Cc2ccccc2)[C@H](OCc2cccc(O)c2)[C@H](O)[C@@H](O)[C@@H](OCc2cccc(O)c2)[C@H]1Cc1ccccc1. The van der Waals surface area contributed by atoms with Crippen molar-refractivity contribution in [2.24, 2.45) is 0 Å². The zero-order valence-electron chi connectivity index (χ0n) is 23.5. The molecule has 4 aromatic carbocycles. The molecule has 0 aliphatic carbocycles. The van der Waals surface area contributed by atoms with Crippen molar-refractivity contribution in [3.05, 3.63) is 131 Å². The molecule has 4 aromatic rings. The smallest absolute Gasteiger partial charge is 0.161 e. The minimum atomic E-state index is -4.16. The summed E-state index contributed by atoms with van der Waals surface area (Å²) < 4.78 is 41.7. The highest BCUT2D eigenvalue weighted by Gasteiger charge is 2.54. The Balaban J connectivity index is 1.55. The molecule has 1 aliphatic rings. The Bertz CT molecular complexity index is 1470. The highest BCUT2D eigenvalue weighted by atomic mass is 32.2. The van der Waals surface area contributed by atoms with E-state index in [0.717, 1.165) is 11.1 Å². The van der Waals surface area contributed by atoms with Gasteiger partial charge in [0, 0.05) is 0 Å². The van der Waals surface area contributed by atoms with Crippen LogP contribution in [-0.4, -0.2) is 63.8 Å². The number of aliphatic hydroxyl groups is 2. The van der Waals surface area contributed by atoms with Gasteiger partial charge in [0.25, 0.3) is 0 Å². The second-order valence-corrected chi connectivity index (χ2v) is 13.3. The average Bonchev–Trinajstić information content (AvgIpc) is 3.05. The summed E-state index contributed by atoms with van der Waals surface area (Å²) in [5, 5.41) is 40.6. The van der Waals surface area contributed by atoms with E-state index in [1.165, 1.54) is 24.3 Å². The Kier molecular flexibility index (Phi) is 9.79. The van der Waals surface area contributed by atoms with Crippen LogP contribution < -0.4 is 0 Å². The fourth-order valence-electron chi connectivity index (χ4n) is 5.67. The second kappa shape index (κ2) is 13.7. The van der Waals surface area contributed by atoms with Crippen molar-refractivity contribution in [3.8, 4) is 11.5 Å². The van der Waals surface area contributed by atoms with Crippen LogP contribution in [0.15, 0.2) is 109 Å². The summed E-state index contributed by atoms with van der Waals surface area (Å²) in [6.45, 7) is -0.191. The van der Waals surface area contributed by atoms with Crippen LogP contribution in [0.25, 0.3) is 0 Å². The van der Waals surface area contributed by atoms with Crippen molar-refractivity contribution in [3.63, 3.8) is 0 Å². The molecule has 0 unspecified atom stereocenters. The number of aliphatic hydroxyl groups excluding tert-OH is 2. The molecule has 226 valence electrons. The van der Waals surface area contributed by atoms with E-state index in [0.29, 0.717) is 11.1 Å². The highest BCUT2D eigenvalue weighted by molar-refractivity contribution is 7.92. The minimum absolute atomic E-state index is 0.0272. The molecule has 1 fully saturated rings. The molecule has 1 aliphatic heterocycles. The number of phenols is 2. The van der Waals surface area contributed by atoms with E-state index in [1.54, 1.807) is 24.3 Å². The molecular weight excluding hydrogens is 568 g/mol. The predicted molar refractivity (Wildman–Crippen MR) is 162 cm³/mol. The lowest BCUT2D eigenvalue weighted by Crippen LogP contribution is -2.49. The lowest BCUT2D eigenvalue weighted by atomic mass is 9.94. The first-order valence-electron chi connectivity index (χ1n) is 14.2. The summed E-state index contributed by atoms with van der Waals surface area (Å²) in [5.74, 6) is 0.0543. The molecule has 0 spiro atoms. The molecule has 0 saturated carbocycles. The van der Waals surface area contributed by atoms with Crippen LogP contribution >= 0.6 is 0 Å². The molecular formula is C34H36O8S. The standard InChI is InChI=1S/C34H36O8S/c35-27-15-7-13-25(17-27)21-41-33-29(19-23-9-3-1-4-10-23)43(39,40)30(20-24-11-5-2-6-12-24)34(32(38)31(33)37)42-22-26-14-8-16-28(36)18-26/h1-18,29-38H,19-22H2/t29-,30-,31-,32-,33+,34+/m1/s1. The van der Waals surface area contributed by atoms with Gasteiger partial charge in [-0.2, -0.15) is 0 Å². The Morgan fingerprint density at radius 1 is 0.535 bits per heavy atom. The van der Waals surface area contributed by atoms with E-state index >= 15 is 0 Å². The summed E-state index contributed by atoms with van der Waals surface area (Å²) in [4.78, 5) is 0. The summed E-state index contributed by atoms with van der Waals surface area (Å²) in [7, 11) is -4.16. The van der Waals surface area contributed by atoms with Crippen LogP contribution in [0.4, 0.5) is 0 Å². The molecule has 8 nitrogen and oxygen atoms in total. The third kappa shape index (κ3) is 7.44. The van der Waals surface area contributed by atoms with Gasteiger partial charge in [-0.25, -0.2) is 8.42 Å². The van der Waals surface area contributed by atoms with Gasteiger partial charge in [0.05, 0.1) is 23.7 Å². The Labute approximate surface area is 251 Å². The van der Waals surface area contributed by atoms with E-state index in [2.05, 4.69) is 0 Å². The van der Waals surface area contributed by atoms with Crippen molar-refractivity contribution in [1.82, 2.24) is 0 Å². The molecule has 43 heavy (non-hydrogen) atoms. The number of ether oxygens (including phenoxy) is 2. The van der Waals surface area contributed by atoms with Crippen LogP contribution in [0.5, 0.6) is 11.5 Å². The third-order valence-corrected chi connectivity index (χ3v) is 10.4. The molecule has 5 rings (SSSR count). The quantitative estimate of drug-likeness (QED) is 0.214. The minimum Gasteiger partial charge on any atom is -0.508 e. The van der Waals surface area contributed by atoms with Gasteiger partial charge in [0.1, 0.15) is 35.9 Å². The summed E-state index contributed by atoms with van der Waals surface area (Å²) >= 11 is 0. The Morgan fingerprint density at radius 2 is 0.907 bits per heavy atom. The molecule has 0 bridgehead atoms. The molecule has 6 atom stereocenters. The first-order valence-corrected chi connectivity index (χ1v) is 15.8. The summed E-state index contributed by atoms with van der Waals surface area (Å²) in [6, 6.07) is 31.0. The highest BCUT2D eigenvalue weighted by Crippen LogP contribution is 2.35. The molecule has 0 amide bonds. The largest absolute Gasteiger partial charge is 0.508 e. The topological polar surface area (TPSA) is 134 Å². The van der Waals surface area contributed by atoms with Gasteiger partial charge in [0.2, 0.25) is 0 Å². The summed E-state index contributed by atoms with van der Waals surface area (Å²) in [5.41, 5.74) is 2.64. The first kappa shape index (κ1) is 30.7. The van der Waals surface area contributed by atoms with Gasteiger partial charge >= 0.3 is 0 Å². The normalized spacial score (nSPS) is 25.2. The van der Waals surface area contributed by atoms with E-state index in [9.17, 15) is 28.8 Å². The van der Waals surface area contributed by atoms with Crippen LogP contribution in [0.3, 0.4) is 0 Å². The van der Waals surface area contributed by atoms with Crippen molar-refractivity contribution in [2.75, 3.05) is 0 Å². The Hall–Kier alpha value is -3.73. The zero-order chi connectivity index (χ0) is 30.4. The molecule has 1 heterocycles. The van der Waals surface area contributed by atoms with E-state index in [-0.39, 0.29) is 37.6 Å². The van der Waals surface area contributed by atoms with Crippen LogP contribution in [0.2, 0.25) is 0 Å². The maximum absolute atomic E-state index is 14.7. The predicted octanol–water partition coefficient (Wildman–Crippen LogP) is 3.94. The molecule has 0 radical (unpaired) electrons. The van der Waals surface area contributed by atoms with Crippen molar-refractivity contribution >= 4 is 9.84 Å². The number of phenolic OH excluding ortho intramolecular Hbond substituents is 2. The zero-order valence-corrected chi connectivity index (χ0v) is 24.3. The second-order valence-electron chi connectivity index (χ2n) is 10.9. The first-order chi connectivity index (χ1) is 20.7. The Morgan fingerprint density at radius 3 is 1.28 bits per heavy atom. The van der Waals surface area contributed by atoms with Gasteiger partial charge in [-0.3, -0.25) is 0 Å². The van der Waals surface area contributed by atoms with E-state index < -0.39 is 44.8 Å². The number of hydrogen-bond donors (Lipinski definition) is 4. The fourth-order valence-corrected chi connectivity index (χ4v) is 8.20. The number of benzene rings is 4. The molecule has 0 aromatic heterocycles. The molecule has 1 saturated heterocycles. The van der Waals surface area contributed by atoms with Crippen LogP contribution in [-0.2, 0) is 45.4 Å². The lowest BCUT2D eigenvalue weighted by molar-refractivity contribution is -0.139. The van der Waals surface area contributed by atoms with Crippen molar-refractivity contribution in [1.29, 1.82) is 0 Å². The number of aromatic hydroxyl groups is 2. The average molecular weight is 605 g/mol. The lowest BCUT2D eigenvalue weighted by Gasteiger charge is -2.31. The van der Waals surface area contributed by atoms with E-state index in [1.807, 2.05) is 60.7 Å². The maximum atomic E-state index is 14.7. The monoisotopic (exact) mass is 604 g/mol. The van der Waals surface area contributed by atoms with Gasteiger partial charge in [-0.15, -0.1) is 0 Å². The van der Waals surface area contributed by atoms with Crippen molar-refractivity contribution in [2.45, 2.75) is 61.0 Å². The van der Waals surface area contributed by atoms with Crippen LogP contribution in [0, 0.1) is 0 Å². The number of sulfone groups is 1. The van der Waals surface area contributed by atoms with Gasteiger partial charge in [-0.05, 0) is 59.4 Å². The van der Waals surface area contributed by atoms with Gasteiger partial charge in [-0.1, -0.05) is 84.9 Å². The number of hydrogen-bond acceptors (Lipinski definition) is 8. The van der Waals surface area contributed by atoms with Gasteiger partial charge < -0.3 is 29.9 Å². The number of rotatable bonds is 10. The summed E-state index contributed by atoms with van der Waals surface area (Å²) in [6.07, 6.45) is -5.76. The maximum Gasteiger partial charge on any atom is 0.161 e. The molecule has 4 N–H and O–H groups in total. The fraction of sp³-hybridized carbons (Fsp3) is 0.294. The van der Waals surface area contributed by atoms with Crippen molar-refractivity contribution < 1.29 is 38.3 Å². The molecule has 9 heteroatoms. The van der Waals surface area contributed by atoms with E-state index in [4.69, 9.17) is 9.47 Å². The van der Waals surface area contributed by atoms with Crippen LogP contribution in [0.1, 0.15) is 22.3 Å². The third-order valence-electron chi connectivity index (χ3n) is 7.87. The van der Waals surface area contributed by atoms with Gasteiger partial charge in [0.15, 0.2) is 9.84 Å².